The van der Waals surface area contributed by atoms with Crippen LogP contribution in [0.2, 0.25) is 0 Å². The summed E-state index contributed by atoms with van der Waals surface area (Å²) in [5.74, 6) is -0.235. The van der Waals surface area contributed by atoms with Crippen LogP contribution in [0.15, 0.2) is 53.5 Å². The summed E-state index contributed by atoms with van der Waals surface area (Å²) in [5.41, 5.74) is 3.38. The summed E-state index contributed by atoms with van der Waals surface area (Å²) in [6.45, 7) is 6.08. The number of nitrogens with zero attached hydrogens (tertiary/aromatic N) is 3. The van der Waals surface area contributed by atoms with Crippen LogP contribution < -0.4 is 5.56 Å². The Hall–Kier alpha value is -2.53. The number of pyridine rings is 1. The van der Waals surface area contributed by atoms with E-state index in [1.807, 2.05) is 19.1 Å². The van der Waals surface area contributed by atoms with E-state index in [9.17, 15) is 9.18 Å². The second kappa shape index (κ2) is 6.93. The van der Waals surface area contributed by atoms with Gasteiger partial charge in [-0.15, -0.1) is 0 Å². The summed E-state index contributed by atoms with van der Waals surface area (Å²) in [4.78, 5) is 19.0. The van der Waals surface area contributed by atoms with Gasteiger partial charge in [-0.05, 0) is 42.8 Å². The van der Waals surface area contributed by atoms with Crippen LogP contribution in [0, 0.1) is 12.7 Å². The number of aromatic nitrogens is 2. The number of halogens is 1. The lowest BCUT2D eigenvalue weighted by Crippen LogP contribution is -2.25. The number of fused-ring (bicyclic) bond motifs is 1. The Morgan fingerprint density at radius 3 is 2.58 bits per heavy atom. The molecule has 2 aromatic heterocycles. The van der Waals surface area contributed by atoms with E-state index in [0.29, 0.717) is 18.7 Å². The van der Waals surface area contributed by atoms with Crippen LogP contribution in [0.5, 0.6) is 0 Å². The Balaban J connectivity index is 1.83. The van der Waals surface area contributed by atoms with Crippen LogP contribution in [0.3, 0.4) is 0 Å². The summed E-state index contributed by atoms with van der Waals surface area (Å²) in [6, 6.07) is 11.9. The highest BCUT2D eigenvalue weighted by Crippen LogP contribution is 2.10. The van der Waals surface area contributed by atoms with Crippen molar-refractivity contribution in [1.82, 2.24) is 14.3 Å². The molecule has 0 amide bonds. The Morgan fingerprint density at radius 1 is 1.12 bits per heavy atom. The molecule has 0 atom stereocenters. The Morgan fingerprint density at radius 2 is 1.88 bits per heavy atom. The highest BCUT2D eigenvalue weighted by Gasteiger charge is 2.09. The van der Waals surface area contributed by atoms with E-state index in [0.717, 1.165) is 23.4 Å². The number of aryl methyl sites for hydroxylation is 1. The topological polar surface area (TPSA) is 37.6 Å². The van der Waals surface area contributed by atoms with Crippen LogP contribution >= 0.6 is 0 Å². The third-order valence-corrected chi connectivity index (χ3v) is 4.01. The van der Waals surface area contributed by atoms with Gasteiger partial charge in [0, 0.05) is 25.4 Å². The maximum atomic E-state index is 13.0. The predicted octanol–water partition coefficient (Wildman–Crippen LogP) is 3.16. The quantitative estimate of drug-likeness (QED) is 0.723. The molecule has 0 aliphatic rings. The maximum Gasteiger partial charge on any atom is 0.258 e. The van der Waals surface area contributed by atoms with Gasteiger partial charge in [0.15, 0.2) is 0 Å². The van der Waals surface area contributed by atoms with Crippen molar-refractivity contribution in [2.75, 3.05) is 6.54 Å². The van der Waals surface area contributed by atoms with Crippen molar-refractivity contribution in [2.45, 2.75) is 26.9 Å². The van der Waals surface area contributed by atoms with Crippen LogP contribution in [0.4, 0.5) is 4.39 Å². The van der Waals surface area contributed by atoms with Gasteiger partial charge in [0.05, 0.1) is 5.69 Å². The molecule has 3 rings (SSSR count). The fourth-order valence-corrected chi connectivity index (χ4v) is 2.70. The first-order valence-electron chi connectivity index (χ1n) is 8.01. The number of hydrogen-bond acceptors (Lipinski definition) is 3. The largest absolute Gasteiger partial charge is 0.294 e. The number of rotatable bonds is 5. The summed E-state index contributed by atoms with van der Waals surface area (Å²) in [7, 11) is 0. The van der Waals surface area contributed by atoms with Gasteiger partial charge in [0.25, 0.3) is 5.56 Å². The molecule has 5 heteroatoms. The first-order valence-corrected chi connectivity index (χ1v) is 8.01. The van der Waals surface area contributed by atoms with Crippen molar-refractivity contribution in [3.8, 4) is 0 Å². The average molecular weight is 325 g/mol. The molecule has 3 aromatic rings. The van der Waals surface area contributed by atoms with Gasteiger partial charge in [-0.25, -0.2) is 9.37 Å². The molecule has 124 valence electrons. The van der Waals surface area contributed by atoms with Crippen molar-refractivity contribution >= 4 is 5.65 Å². The Kier molecular flexibility index (Phi) is 4.71. The standard InChI is InChI=1S/C19H20FN3O/c1-3-22(12-15-5-7-16(20)8-6-15)13-17-10-19(24)23-11-14(2)4-9-18(23)21-17/h4-11H,3,12-13H2,1-2H3. The summed E-state index contributed by atoms with van der Waals surface area (Å²) in [5, 5.41) is 0. The zero-order valence-corrected chi connectivity index (χ0v) is 13.9. The summed E-state index contributed by atoms with van der Waals surface area (Å²) < 4.78 is 14.6. The minimum atomic E-state index is -0.235. The molecule has 0 radical (unpaired) electrons. The van der Waals surface area contributed by atoms with E-state index >= 15 is 0 Å². The monoisotopic (exact) mass is 325 g/mol. The van der Waals surface area contributed by atoms with Crippen molar-refractivity contribution in [1.29, 1.82) is 0 Å². The fraction of sp³-hybridized carbons (Fsp3) is 0.263. The molecule has 0 aliphatic carbocycles. The molecule has 0 aliphatic heterocycles. The van der Waals surface area contributed by atoms with E-state index in [1.54, 1.807) is 28.8 Å². The van der Waals surface area contributed by atoms with E-state index in [-0.39, 0.29) is 11.4 Å². The first-order chi connectivity index (χ1) is 11.5. The maximum absolute atomic E-state index is 13.0. The summed E-state index contributed by atoms with van der Waals surface area (Å²) in [6.07, 6.45) is 1.80. The molecule has 24 heavy (non-hydrogen) atoms. The zero-order valence-electron chi connectivity index (χ0n) is 13.9. The molecule has 1 aromatic carbocycles. The molecule has 0 N–H and O–H groups in total. The van der Waals surface area contributed by atoms with Crippen molar-refractivity contribution < 1.29 is 4.39 Å². The van der Waals surface area contributed by atoms with Crippen LogP contribution in [-0.2, 0) is 13.1 Å². The van der Waals surface area contributed by atoms with Gasteiger partial charge in [-0.2, -0.15) is 0 Å². The first kappa shape index (κ1) is 16.3. The molecule has 0 saturated heterocycles. The number of benzene rings is 1. The van der Waals surface area contributed by atoms with Gasteiger partial charge in [0.1, 0.15) is 11.5 Å². The molecule has 0 fully saturated rings. The third-order valence-electron chi connectivity index (χ3n) is 4.01. The summed E-state index contributed by atoms with van der Waals surface area (Å²) >= 11 is 0. The van der Waals surface area contributed by atoms with E-state index in [1.165, 1.54) is 12.1 Å². The van der Waals surface area contributed by atoms with Gasteiger partial charge in [-0.1, -0.05) is 25.1 Å². The molecular formula is C19H20FN3O. The second-order valence-corrected chi connectivity index (χ2v) is 5.95. The predicted molar refractivity (Wildman–Crippen MR) is 92.4 cm³/mol. The average Bonchev–Trinajstić information content (AvgIpc) is 2.57. The molecule has 0 unspecified atom stereocenters. The van der Waals surface area contributed by atoms with Crippen LogP contribution in [0.25, 0.3) is 5.65 Å². The Labute approximate surface area is 140 Å². The molecule has 0 bridgehead atoms. The molecular weight excluding hydrogens is 305 g/mol. The highest BCUT2D eigenvalue weighted by atomic mass is 19.1. The zero-order chi connectivity index (χ0) is 17.1. The minimum Gasteiger partial charge on any atom is -0.294 e. The molecule has 4 nitrogen and oxygen atoms in total. The van der Waals surface area contributed by atoms with Crippen molar-refractivity contribution in [3.05, 3.63) is 81.7 Å². The smallest absolute Gasteiger partial charge is 0.258 e. The highest BCUT2D eigenvalue weighted by molar-refractivity contribution is 5.39. The lowest BCUT2D eigenvalue weighted by molar-refractivity contribution is 0.268. The molecule has 0 saturated carbocycles. The molecule has 0 spiro atoms. The third kappa shape index (κ3) is 3.68. The van der Waals surface area contributed by atoms with Gasteiger partial charge in [-0.3, -0.25) is 14.1 Å². The van der Waals surface area contributed by atoms with E-state index in [2.05, 4.69) is 16.8 Å². The van der Waals surface area contributed by atoms with Crippen LogP contribution in [-0.4, -0.2) is 20.8 Å². The van der Waals surface area contributed by atoms with E-state index in [4.69, 9.17) is 0 Å². The SMILES string of the molecule is CCN(Cc1ccc(F)cc1)Cc1cc(=O)n2cc(C)ccc2n1. The van der Waals surface area contributed by atoms with Crippen molar-refractivity contribution in [3.63, 3.8) is 0 Å². The molecule has 2 heterocycles. The fourth-order valence-electron chi connectivity index (χ4n) is 2.70. The van der Waals surface area contributed by atoms with Crippen molar-refractivity contribution in [2.24, 2.45) is 0 Å². The second-order valence-electron chi connectivity index (χ2n) is 5.95. The van der Waals surface area contributed by atoms with E-state index < -0.39 is 0 Å². The Bertz CT molecular complexity index is 903. The van der Waals surface area contributed by atoms with Crippen LogP contribution in [0.1, 0.15) is 23.7 Å². The lowest BCUT2D eigenvalue weighted by atomic mass is 10.2. The van der Waals surface area contributed by atoms with Gasteiger partial charge >= 0.3 is 0 Å². The number of hydrogen-bond donors (Lipinski definition) is 0. The normalized spacial score (nSPS) is 11.3. The van der Waals surface area contributed by atoms with Gasteiger partial charge < -0.3 is 0 Å². The van der Waals surface area contributed by atoms with Gasteiger partial charge in [0.2, 0.25) is 0 Å². The minimum absolute atomic E-state index is 0.0727. The lowest BCUT2D eigenvalue weighted by Gasteiger charge is -2.20.